The Morgan fingerprint density at radius 3 is 1.79 bits per heavy atom. The van der Waals surface area contributed by atoms with Gasteiger partial charge in [0.15, 0.2) is 0 Å². The zero-order chi connectivity index (χ0) is 27.5. The summed E-state index contributed by atoms with van der Waals surface area (Å²) < 4.78 is 0. The molecule has 0 amide bonds. The maximum Gasteiger partial charge on any atom is 0.138 e. The molecule has 1 fully saturated rings. The molecule has 1 aliphatic rings. The molecule has 0 radical (unpaired) electrons. The third-order valence-corrected chi connectivity index (χ3v) is 8.34. The van der Waals surface area contributed by atoms with E-state index in [-0.39, 0.29) is 49.3 Å². The summed E-state index contributed by atoms with van der Waals surface area (Å²) in [5, 5.41) is 0.771. The highest BCUT2D eigenvalue weighted by molar-refractivity contribution is 6.30. The van der Waals surface area contributed by atoms with Crippen molar-refractivity contribution in [3.05, 3.63) is 137 Å². The van der Waals surface area contributed by atoms with Crippen molar-refractivity contribution in [1.82, 2.24) is 19.8 Å². The Morgan fingerprint density at radius 1 is 0.651 bits per heavy atom. The zero-order valence-electron chi connectivity index (χ0n) is 24.3. The number of nitrogens with zero attached hydrogens (tertiary/aromatic N) is 3. The highest BCUT2D eigenvalue weighted by atomic mass is 35.5. The van der Waals surface area contributed by atoms with Gasteiger partial charge in [0.25, 0.3) is 0 Å². The Labute approximate surface area is 278 Å². The minimum absolute atomic E-state index is 0. The zero-order valence-corrected chi connectivity index (χ0v) is 27.5. The van der Waals surface area contributed by atoms with Crippen LogP contribution in [0.4, 0.5) is 0 Å². The molecule has 4 aromatic carbocycles. The Kier molecular flexibility index (Phi) is 12.7. The van der Waals surface area contributed by atoms with E-state index in [2.05, 4.69) is 120 Å². The summed E-state index contributed by atoms with van der Waals surface area (Å²) in [4.78, 5) is 14.0. The molecule has 4 nitrogen and oxygen atoms in total. The van der Waals surface area contributed by atoms with Gasteiger partial charge in [-0.25, -0.2) is 4.98 Å². The third-order valence-electron chi connectivity index (χ3n) is 8.08. The fourth-order valence-corrected chi connectivity index (χ4v) is 5.94. The van der Waals surface area contributed by atoms with E-state index in [9.17, 15) is 0 Å². The molecule has 1 aliphatic heterocycles. The molecule has 0 bridgehead atoms. The number of rotatable bonds is 7. The highest BCUT2D eigenvalue weighted by Gasteiger charge is 2.30. The summed E-state index contributed by atoms with van der Waals surface area (Å²) in [7, 11) is 0. The van der Waals surface area contributed by atoms with E-state index in [1.54, 1.807) is 0 Å². The molecule has 1 saturated heterocycles. The molecular formula is C35H38Cl4N4. The minimum atomic E-state index is 0. The maximum atomic E-state index is 6.24. The summed E-state index contributed by atoms with van der Waals surface area (Å²) in [6, 6.07) is 38.7. The van der Waals surface area contributed by atoms with Crippen LogP contribution in [-0.2, 0) is 0 Å². The fourth-order valence-electron chi connectivity index (χ4n) is 5.81. The molecule has 1 aromatic heterocycles. The lowest BCUT2D eigenvalue weighted by Gasteiger charge is -2.41. The quantitative estimate of drug-likeness (QED) is 0.190. The lowest BCUT2D eigenvalue weighted by Crippen LogP contribution is -2.48. The summed E-state index contributed by atoms with van der Waals surface area (Å²) in [6.07, 6.45) is 0. The SMILES string of the molecule is Cc1ccc(-c2nc(-c3ccccc3)[nH]c2C(C)N2CCN(C(c3ccccc3)c3ccc(Cl)cc3)CC2)cc1.Cl.Cl.Cl. The first kappa shape index (κ1) is 34.7. The van der Waals surface area contributed by atoms with Crippen LogP contribution < -0.4 is 0 Å². The van der Waals surface area contributed by atoms with Crippen molar-refractivity contribution < 1.29 is 0 Å². The lowest BCUT2D eigenvalue weighted by atomic mass is 9.96. The fraction of sp³-hybridized carbons (Fsp3) is 0.229. The van der Waals surface area contributed by atoms with Crippen LogP contribution in [0.5, 0.6) is 0 Å². The molecule has 6 rings (SSSR count). The summed E-state index contributed by atoms with van der Waals surface area (Å²) in [5.74, 6) is 0.920. The number of H-pyrrole nitrogens is 1. The molecule has 5 aromatic rings. The standard InChI is InChI=1S/C35H35ClN4.3ClH/c1-25-13-15-27(16-14-25)33-32(37-35(38-33)30-11-7-4-8-12-30)26(2)39-21-23-40(24-22-39)34(28-9-5-3-6-10-28)29-17-19-31(36)20-18-29;;;/h3-20,26,34H,21-24H2,1-2H3,(H,37,38);3*1H. The summed E-state index contributed by atoms with van der Waals surface area (Å²) in [6.45, 7) is 8.34. The largest absolute Gasteiger partial charge is 0.340 e. The Hall–Kier alpha value is -2.83. The minimum Gasteiger partial charge on any atom is -0.340 e. The number of aryl methyl sites for hydroxylation is 1. The predicted octanol–water partition coefficient (Wildman–Crippen LogP) is 9.44. The van der Waals surface area contributed by atoms with Gasteiger partial charge in [0, 0.05) is 48.4 Å². The smallest absolute Gasteiger partial charge is 0.138 e. The van der Waals surface area contributed by atoms with E-state index in [0.717, 1.165) is 53.8 Å². The van der Waals surface area contributed by atoms with Gasteiger partial charge < -0.3 is 4.98 Å². The first-order valence-electron chi connectivity index (χ1n) is 14.1. The van der Waals surface area contributed by atoms with Crippen molar-refractivity contribution in [1.29, 1.82) is 0 Å². The average molecular weight is 657 g/mol. The van der Waals surface area contributed by atoms with Gasteiger partial charge in [0.2, 0.25) is 0 Å². The first-order valence-corrected chi connectivity index (χ1v) is 14.5. The van der Waals surface area contributed by atoms with Gasteiger partial charge in [0.05, 0.1) is 17.4 Å². The molecule has 226 valence electrons. The Morgan fingerprint density at radius 2 is 1.19 bits per heavy atom. The molecule has 0 spiro atoms. The second kappa shape index (κ2) is 15.8. The summed E-state index contributed by atoms with van der Waals surface area (Å²) in [5.41, 5.74) is 8.31. The van der Waals surface area contributed by atoms with E-state index in [4.69, 9.17) is 16.6 Å². The van der Waals surface area contributed by atoms with Crippen molar-refractivity contribution in [2.45, 2.75) is 25.9 Å². The average Bonchev–Trinajstić information content (AvgIpc) is 3.45. The molecule has 2 heterocycles. The number of hydrogen-bond donors (Lipinski definition) is 1. The molecule has 43 heavy (non-hydrogen) atoms. The van der Waals surface area contributed by atoms with Crippen LogP contribution in [0.15, 0.2) is 109 Å². The topological polar surface area (TPSA) is 35.2 Å². The molecule has 1 N–H and O–H groups in total. The number of imidazole rings is 1. The lowest BCUT2D eigenvalue weighted by molar-refractivity contribution is 0.0829. The van der Waals surface area contributed by atoms with Gasteiger partial charge in [-0.2, -0.15) is 0 Å². The van der Waals surface area contributed by atoms with E-state index in [1.165, 1.54) is 22.4 Å². The van der Waals surface area contributed by atoms with Gasteiger partial charge in [-0.3, -0.25) is 9.80 Å². The molecule has 8 heteroatoms. The Bertz CT molecular complexity index is 1530. The van der Waals surface area contributed by atoms with Crippen molar-refractivity contribution in [3.8, 4) is 22.6 Å². The maximum absolute atomic E-state index is 6.24. The van der Waals surface area contributed by atoms with Crippen LogP contribution in [0.3, 0.4) is 0 Å². The van der Waals surface area contributed by atoms with Gasteiger partial charge in [-0.05, 0) is 37.1 Å². The van der Waals surface area contributed by atoms with Crippen molar-refractivity contribution in [2.24, 2.45) is 0 Å². The van der Waals surface area contributed by atoms with Crippen LogP contribution in [0, 0.1) is 6.92 Å². The second-order valence-corrected chi connectivity index (χ2v) is 11.1. The number of halogens is 4. The van der Waals surface area contributed by atoms with Crippen LogP contribution in [-0.4, -0.2) is 45.9 Å². The molecule has 2 unspecified atom stereocenters. The van der Waals surface area contributed by atoms with Gasteiger partial charge in [-0.15, -0.1) is 37.2 Å². The monoisotopic (exact) mass is 654 g/mol. The van der Waals surface area contributed by atoms with Crippen LogP contribution in [0.1, 0.15) is 41.4 Å². The van der Waals surface area contributed by atoms with Gasteiger partial charge in [0.1, 0.15) is 5.82 Å². The second-order valence-electron chi connectivity index (χ2n) is 10.7. The van der Waals surface area contributed by atoms with E-state index >= 15 is 0 Å². The summed E-state index contributed by atoms with van der Waals surface area (Å²) >= 11 is 6.24. The highest BCUT2D eigenvalue weighted by Crippen LogP contribution is 2.35. The number of piperazine rings is 1. The molecule has 2 atom stereocenters. The van der Waals surface area contributed by atoms with Gasteiger partial charge in [-0.1, -0.05) is 114 Å². The van der Waals surface area contributed by atoms with Crippen LogP contribution >= 0.6 is 48.8 Å². The van der Waals surface area contributed by atoms with Crippen molar-refractivity contribution >= 4 is 48.8 Å². The molecule has 0 aliphatic carbocycles. The molecule has 0 saturated carbocycles. The van der Waals surface area contributed by atoms with Crippen LogP contribution in [0.2, 0.25) is 5.02 Å². The first-order chi connectivity index (χ1) is 19.6. The molecular weight excluding hydrogens is 618 g/mol. The number of nitrogens with one attached hydrogen (secondary N) is 1. The van der Waals surface area contributed by atoms with E-state index in [1.807, 2.05) is 18.2 Å². The van der Waals surface area contributed by atoms with Crippen molar-refractivity contribution in [3.63, 3.8) is 0 Å². The number of aromatic nitrogens is 2. The number of aromatic amines is 1. The van der Waals surface area contributed by atoms with Crippen molar-refractivity contribution in [2.75, 3.05) is 26.2 Å². The van der Waals surface area contributed by atoms with Crippen LogP contribution in [0.25, 0.3) is 22.6 Å². The Balaban J connectivity index is 0.00000169. The number of hydrogen-bond acceptors (Lipinski definition) is 3. The third kappa shape index (κ3) is 7.82. The predicted molar refractivity (Wildman–Crippen MR) is 187 cm³/mol. The van der Waals surface area contributed by atoms with E-state index in [0.29, 0.717) is 0 Å². The van der Waals surface area contributed by atoms with Gasteiger partial charge >= 0.3 is 0 Å². The van der Waals surface area contributed by atoms with E-state index < -0.39 is 0 Å². The normalized spacial score (nSPS) is 15.0. The number of benzene rings is 4.